The number of amides is 4. The molecule has 0 saturated heterocycles. The molecule has 0 aromatic heterocycles. The van der Waals surface area contributed by atoms with Crippen molar-refractivity contribution in [3.8, 4) is 5.75 Å². The number of primary amides is 1. The lowest BCUT2D eigenvalue weighted by atomic mass is 10.0. The van der Waals surface area contributed by atoms with Gasteiger partial charge in [-0.1, -0.05) is 12.1 Å². The van der Waals surface area contributed by atoms with Gasteiger partial charge < -0.3 is 37.6 Å². The minimum absolute atomic E-state index is 0.0737. The molecule has 36 heavy (non-hydrogen) atoms. The van der Waals surface area contributed by atoms with Crippen molar-refractivity contribution in [1.82, 2.24) is 16.0 Å². The summed E-state index contributed by atoms with van der Waals surface area (Å²) in [6.45, 7) is 0. The Morgan fingerprint density at radius 3 is 1.97 bits per heavy atom. The number of carboxylic acids is 1. The molecule has 4 unspecified atom stereocenters. The van der Waals surface area contributed by atoms with E-state index in [2.05, 4.69) is 28.6 Å². The van der Waals surface area contributed by atoms with Crippen LogP contribution in [-0.2, 0) is 30.4 Å². The molecular formula is C22H33N5O7S2. The van der Waals surface area contributed by atoms with Gasteiger partial charge in [-0.15, -0.1) is 0 Å². The summed E-state index contributed by atoms with van der Waals surface area (Å²) in [6, 6.07) is 1.57. The van der Waals surface area contributed by atoms with Crippen molar-refractivity contribution < 1.29 is 34.2 Å². The number of nitrogens with one attached hydrogen (secondary N) is 3. The summed E-state index contributed by atoms with van der Waals surface area (Å²) < 4.78 is 0. The van der Waals surface area contributed by atoms with Crippen LogP contribution in [0.15, 0.2) is 24.3 Å². The first kappa shape index (κ1) is 31.1. The molecule has 0 aliphatic carbocycles. The maximum atomic E-state index is 13.0. The van der Waals surface area contributed by atoms with Crippen LogP contribution in [-0.4, -0.2) is 81.7 Å². The summed E-state index contributed by atoms with van der Waals surface area (Å²) >= 11 is 5.33. The van der Waals surface area contributed by atoms with E-state index in [1.807, 2.05) is 6.26 Å². The van der Waals surface area contributed by atoms with Crippen LogP contribution in [0.4, 0.5) is 0 Å². The quantitative estimate of drug-likeness (QED) is 0.117. The maximum absolute atomic E-state index is 13.0. The number of aromatic hydroxyl groups is 1. The van der Waals surface area contributed by atoms with Crippen molar-refractivity contribution in [2.45, 2.75) is 49.9 Å². The molecule has 1 aromatic rings. The maximum Gasteiger partial charge on any atom is 0.327 e. The highest BCUT2D eigenvalue weighted by molar-refractivity contribution is 7.98. The molecule has 200 valence electrons. The summed E-state index contributed by atoms with van der Waals surface area (Å²) in [4.78, 5) is 60.9. The molecule has 9 N–H and O–H groups in total. The molecule has 0 aliphatic rings. The van der Waals surface area contributed by atoms with E-state index in [0.29, 0.717) is 11.3 Å². The summed E-state index contributed by atoms with van der Waals surface area (Å²) in [6.07, 6.45) is 1.79. The normalized spacial score (nSPS) is 14.1. The molecule has 4 amide bonds. The van der Waals surface area contributed by atoms with Gasteiger partial charge in [0.05, 0.1) is 6.04 Å². The number of nitrogens with two attached hydrogens (primary N) is 2. The molecule has 4 atom stereocenters. The second kappa shape index (κ2) is 15.9. The Bertz CT molecular complexity index is 917. The third kappa shape index (κ3) is 11.2. The Labute approximate surface area is 218 Å². The first-order valence-electron chi connectivity index (χ1n) is 11.0. The Hall–Kier alpha value is -2.97. The van der Waals surface area contributed by atoms with Gasteiger partial charge in [-0.2, -0.15) is 24.4 Å². The standard InChI is InChI=1S/C22H33N5O7S2/c1-36-9-8-16(25-19(30)14(23)10-12-2-4-13(28)5-3-12)21(32)26-15(6-7-18(24)29)20(31)27-17(11-35)22(33)34/h2-5,14-17,28,35H,6-11,23H2,1H3,(H2,24,29)(H,25,30)(H,26,32)(H,27,31)(H,33,34). The first-order valence-corrected chi connectivity index (χ1v) is 13.1. The van der Waals surface area contributed by atoms with Crippen molar-refractivity contribution >= 4 is 54.0 Å². The smallest absolute Gasteiger partial charge is 0.327 e. The molecule has 12 nitrogen and oxygen atoms in total. The zero-order chi connectivity index (χ0) is 27.3. The zero-order valence-corrected chi connectivity index (χ0v) is 21.5. The van der Waals surface area contributed by atoms with Crippen molar-refractivity contribution in [1.29, 1.82) is 0 Å². The van der Waals surface area contributed by atoms with E-state index in [0.717, 1.165) is 0 Å². The number of carbonyl (C=O) groups is 5. The third-order valence-corrected chi connectivity index (χ3v) is 6.09. The average Bonchev–Trinajstić information content (AvgIpc) is 2.83. The molecule has 0 spiro atoms. The lowest BCUT2D eigenvalue weighted by Gasteiger charge is -2.25. The van der Waals surface area contributed by atoms with Crippen molar-refractivity contribution in [2.24, 2.45) is 11.5 Å². The monoisotopic (exact) mass is 543 g/mol. The Kier molecular flexibility index (Phi) is 13.7. The topological polar surface area (TPSA) is 214 Å². The van der Waals surface area contributed by atoms with Gasteiger partial charge in [-0.25, -0.2) is 4.79 Å². The minimum atomic E-state index is -1.31. The van der Waals surface area contributed by atoms with Gasteiger partial charge in [0.2, 0.25) is 23.6 Å². The van der Waals surface area contributed by atoms with Gasteiger partial charge in [-0.3, -0.25) is 19.2 Å². The molecule has 0 aliphatic heterocycles. The number of benzene rings is 1. The summed E-state index contributed by atoms with van der Waals surface area (Å²) in [7, 11) is 0. The zero-order valence-electron chi connectivity index (χ0n) is 19.8. The van der Waals surface area contributed by atoms with Crippen LogP contribution in [0.2, 0.25) is 0 Å². The minimum Gasteiger partial charge on any atom is -0.508 e. The number of rotatable bonds is 16. The lowest BCUT2D eigenvalue weighted by Crippen LogP contribution is -2.57. The van der Waals surface area contributed by atoms with Crippen LogP contribution in [0.25, 0.3) is 0 Å². The highest BCUT2D eigenvalue weighted by Crippen LogP contribution is 2.11. The van der Waals surface area contributed by atoms with Crippen LogP contribution in [0, 0.1) is 0 Å². The number of carbonyl (C=O) groups excluding carboxylic acids is 4. The largest absolute Gasteiger partial charge is 0.508 e. The average molecular weight is 544 g/mol. The third-order valence-electron chi connectivity index (χ3n) is 5.08. The molecule has 0 bridgehead atoms. The predicted octanol–water partition coefficient (Wildman–Crippen LogP) is -1.25. The van der Waals surface area contributed by atoms with E-state index in [-0.39, 0.29) is 37.2 Å². The molecule has 0 fully saturated rings. The molecule has 1 aromatic carbocycles. The van der Waals surface area contributed by atoms with E-state index in [9.17, 15) is 29.1 Å². The number of thioether (sulfide) groups is 1. The van der Waals surface area contributed by atoms with Crippen LogP contribution in [0.1, 0.15) is 24.8 Å². The summed E-state index contributed by atoms with van der Waals surface area (Å²) in [5.74, 6) is -3.76. The van der Waals surface area contributed by atoms with Crippen LogP contribution in [0.5, 0.6) is 5.75 Å². The van der Waals surface area contributed by atoms with E-state index >= 15 is 0 Å². The number of aliphatic carboxylic acids is 1. The fraction of sp³-hybridized carbons (Fsp3) is 0.500. The molecule has 14 heteroatoms. The number of phenolic OH excluding ortho intramolecular Hbond substituents is 1. The fourth-order valence-corrected chi connectivity index (χ4v) is 3.77. The number of hydrogen-bond acceptors (Lipinski definition) is 9. The second-order valence-corrected chi connectivity index (χ2v) is 9.32. The van der Waals surface area contributed by atoms with E-state index in [4.69, 9.17) is 16.6 Å². The van der Waals surface area contributed by atoms with E-state index in [1.165, 1.54) is 23.9 Å². The van der Waals surface area contributed by atoms with Crippen molar-refractivity contribution in [3.05, 3.63) is 29.8 Å². The highest BCUT2D eigenvalue weighted by Gasteiger charge is 2.30. The van der Waals surface area contributed by atoms with Gasteiger partial charge in [0.25, 0.3) is 0 Å². The number of phenols is 1. The lowest BCUT2D eigenvalue weighted by molar-refractivity contribution is -0.141. The van der Waals surface area contributed by atoms with E-state index in [1.54, 1.807) is 12.1 Å². The fourth-order valence-electron chi connectivity index (χ4n) is 3.05. The van der Waals surface area contributed by atoms with Gasteiger partial charge >= 0.3 is 5.97 Å². The number of thiol groups is 1. The van der Waals surface area contributed by atoms with Crippen LogP contribution >= 0.6 is 24.4 Å². The molecule has 0 saturated carbocycles. The molecule has 0 heterocycles. The molecule has 1 rings (SSSR count). The van der Waals surface area contributed by atoms with Crippen LogP contribution in [0.3, 0.4) is 0 Å². The summed E-state index contributed by atoms with van der Waals surface area (Å²) in [5, 5.41) is 25.9. The number of carboxylic acid groups (broad SMARTS) is 1. The Morgan fingerprint density at radius 2 is 1.47 bits per heavy atom. The summed E-state index contributed by atoms with van der Waals surface area (Å²) in [5.41, 5.74) is 11.9. The first-order chi connectivity index (χ1) is 17.0. The Balaban J connectivity index is 2.94. The Morgan fingerprint density at radius 1 is 0.944 bits per heavy atom. The van der Waals surface area contributed by atoms with Gasteiger partial charge in [0, 0.05) is 12.2 Å². The van der Waals surface area contributed by atoms with Crippen molar-refractivity contribution in [2.75, 3.05) is 17.8 Å². The molecular weight excluding hydrogens is 510 g/mol. The van der Waals surface area contributed by atoms with Gasteiger partial charge in [0.1, 0.15) is 23.9 Å². The second-order valence-electron chi connectivity index (χ2n) is 7.97. The van der Waals surface area contributed by atoms with Crippen molar-refractivity contribution in [3.63, 3.8) is 0 Å². The SMILES string of the molecule is CSCCC(NC(=O)C(N)Cc1ccc(O)cc1)C(=O)NC(CCC(N)=O)C(=O)NC(CS)C(=O)O. The van der Waals surface area contributed by atoms with Gasteiger partial charge in [-0.05, 0) is 49.0 Å². The highest BCUT2D eigenvalue weighted by atomic mass is 32.2. The van der Waals surface area contributed by atoms with Gasteiger partial charge in [0.15, 0.2) is 0 Å². The molecule has 0 radical (unpaired) electrons. The number of hydrogen-bond donors (Lipinski definition) is 8. The van der Waals surface area contributed by atoms with Crippen LogP contribution < -0.4 is 27.4 Å². The van der Waals surface area contributed by atoms with E-state index < -0.39 is 53.8 Å². The predicted molar refractivity (Wildman–Crippen MR) is 138 cm³/mol.